The van der Waals surface area contributed by atoms with Gasteiger partial charge in [0, 0.05) is 44.1 Å². The minimum Gasteiger partial charge on any atom is -0.481 e. The Morgan fingerprint density at radius 3 is 2.83 bits per heavy atom. The molecule has 0 aromatic carbocycles. The van der Waals surface area contributed by atoms with Crippen LogP contribution >= 0.6 is 0 Å². The smallest absolute Gasteiger partial charge is 0.308 e. The van der Waals surface area contributed by atoms with Crippen LogP contribution in [-0.4, -0.2) is 46.5 Å². The summed E-state index contributed by atoms with van der Waals surface area (Å²) >= 11 is 0. The number of carbonyl (C=O) groups excluding carboxylic acids is 1. The van der Waals surface area contributed by atoms with Gasteiger partial charge in [0.05, 0.1) is 5.92 Å². The summed E-state index contributed by atoms with van der Waals surface area (Å²) in [5.74, 6) is -1.54. The second-order valence-corrected chi connectivity index (χ2v) is 4.24. The third-order valence-corrected chi connectivity index (χ3v) is 2.95. The van der Waals surface area contributed by atoms with Gasteiger partial charge in [0.1, 0.15) is 0 Å². The maximum atomic E-state index is 11.6. The van der Waals surface area contributed by atoms with Gasteiger partial charge in [-0.3, -0.25) is 14.6 Å². The number of carboxylic acids is 1. The lowest BCUT2D eigenvalue weighted by atomic mass is 10.1. The summed E-state index contributed by atoms with van der Waals surface area (Å²) in [4.78, 5) is 27.8. The fraction of sp³-hybridized carbons (Fsp3) is 0.417. The lowest BCUT2D eigenvalue weighted by Gasteiger charge is -2.16. The molecule has 1 fully saturated rings. The number of rotatable bonds is 5. The van der Waals surface area contributed by atoms with Crippen molar-refractivity contribution in [1.29, 1.82) is 0 Å². The molecule has 6 heteroatoms. The van der Waals surface area contributed by atoms with E-state index in [9.17, 15) is 9.59 Å². The number of pyridine rings is 1. The number of carbonyl (C=O) groups is 2. The second kappa shape index (κ2) is 5.48. The standard InChI is InChI=1S/C12H15N3O3/c16-11-7-9(12(17)18)8-15(11)6-5-14-10-1-3-13-4-2-10/h1-4,9H,5-8H2,(H,13,14)(H,17,18). The van der Waals surface area contributed by atoms with Crippen LogP contribution in [0.3, 0.4) is 0 Å². The van der Waals surface area contributed by atoms with Gasteiger partial charge in [0.15, 0.2) is 0 Å². The first-order valence-corrected chi connectivity index (χ1v) is 5.81. The molecule has 0 radical (unpaired) electrons. The van der Waals surface area contributed by atoms with Gasteiger partial charge in [0.2, 0.25) is 5.91 Å². The van der Waals surface area contributed by atoms with Gasteiger partial charge >= 0.3 is 5.97 Å². The van der Waals surface area contributed by atoms with Crippen LogP contribution in [0.1, 0.15) is 6.42 Å². The normalized spacial score (nSPS) is 19.0. The van der Waals surface area contributed by atoms with Gasteiger partial charge in [0.25, 0.3) is 0 Å². The summed E-state index contributed by atoms with van der Waals surface area (Å²) in [6, 6.07) is 3.68. The van der Waals surface area contributed by atoms with Crippen molar-refractivity contribution in [2.75, 3.05) is 25.0 Å². The summed E-state index contributed by atoms with van der Waals surface area (Å²) < 4.78 is 0. The van der Waals surface area contributed by atoms with Crippen LogP contribution in [0.15, 0.2) is 24.5 Å². The molecule has 2 N–H and O–H groups in total. The Kier molecular flexibility index (Phi) is 3.76. The minimum atomic E-state index is -0.895. The van der Waals surface area contributed by atoms with Gasteiger partial charge in [-0.25, -0.2) is 0 Å². The fourth-order valence-electron chi connectivity index (χ4n) is 1.96. The third kappa shape index (κ3) is 2.97. The van der Waals surface area contributed by atoms with E-state index in [1.165, 1.54) is 0 Å². The Labute approximate surface area is 105 Å². The highest BCUT2D eigenvalue weighted by molar-refractivity contribution is 5.86. The third-order valence-electron chi connectivity index (χ3n) is 2.95. The number of hydrogen-bond acceptors (Lipinski definition) is 4. The molecule has 0 bridgehead atoms. The lowest BCUT2D eigenvalue weighted by Crippen LogP contribution is -2.31. The number of likely N-dealkylation sites (tertiary alicyclic amines) is 1. The molecule has 2 rings (SSSR count). The molecule has 1 aliphatic heterocycles. The summed E-state index contributed by atoms with van der Waals surface area (Å²) in [5, 5.41) is 12.0. The molecule has 0 aliphatic carbocycles. The van der Waals surface area contributed by atoms with E-state index in [1.807, 2.05) is 12.1 Å². The number of aliphatic carboxylic acids is 1. The molecular weight excluding hydrogens is 234 g/mol. The predicted molar refractivity (Wildman–Crippen MR) is 65.0 cm³/mol. The molecule has 2 heterocycles. The highest BCUT2D eigenvalue weighted by Gasteiger charge is 2.33. The Hall–Kier alpha value is -2.11. The molecule has 18 heavy (non-hydrogen) atoms. The molecule has 0 spiro atoms. The van der Waals surface area contributed by atoms with Crippen molar-refractivity contribution in [1.82, 2.24) is 9.88 Å². The molecule has 0 saturated carbocycles. The van der Waals surface area contributed by atoms with Crippen LogP contribution in [-0.2, 0) is 9.59 Å². The number of nitrogens with zero attached hydrogens (tertiary/aromatic N) is 2. The number of amides is 1. The zero-order valence-corrected chi connectivity index (χ0v) is 9.87. The van der Waals surface area contributed by atoms with Crippen molar-refractivity contribution in [3.8, 4) is 0 Å². The molecule has 1 aromatic heterocycles. The van der Waals surface area contributed by atoms with E-state index >= 15 is 0 Å². The van der Waals surface area contributed by atoms with Crippen molar-refractivity contribution >= 4 is 17.6 Å². The molecule has 6 nitrogen and oxygen atoms in total. The molecular formula is C12H15N3O3. The Morgan fingerprint density at radius 1 is 1.50 bits per heavy atom. The Morgan fingerprint density at radius 2 is 2.22 bits per heavy atom. The first kappa shape index (κ1) is 12.3. The number of hydrogen-bond donors (Lipinski definition) is 2. The van der Waals surface area contributed by atoms with E-state index in [0.717, 1.165) is 5.69 Å². The van der Waals surface area contributed by atoms with Crippen molar-refractivity contribution in [3.05, 3.63) is 24.5 Å². The maximum absolute atomic E-state index is 11.6. The van der Waals surface area contributed by atoms with Crippen LogP contribution in [0, 0.1) is 5.92 Å². The first-order chi connectivity index (χ1) is 8.66. The van der Waals surface area contributed by atoms with Crippen molar-refractivity contribution in [3.63, 3.8) is 0 Å². The predicted octanol–water partition coefficient (Wildman–Crippen LogP) is 0.427. The lowest BCUT2D eigenvalue weighted by molar-refractivity contribution is -0.141. The number of nitrogens with one attached hydrogen (secondary N) is 1. The molecule has 1 unspecified atom stereocenters. The molecule has 1 saturated heterocycles. The Balaban J connectivity index is 1.78. The van der Waals surface area contributed by atoms with E-state index in [0.29, 0.717) is 19.6 Å². The second-order valence-electron chi connectivity index (χ2n) is 4.24. The van der Waals surface area contributed by atoms with Crippen LogP contribution in [0.25, 0.3) is 0 Å². The molecule has 1 aliphatic rings. The molecule has 96 valence electrons. The van der Waals surface area contributed by atoms with Gasteiger partial charge < -0.3 is 15.3 Å². The zero-order valence-electron chi connectivity index (χ0n) is 9.87. The highest BCUT2D eigenvalue weighted by atomic mass is 16.4. The number of carboxylic acid groups (broad SMARTS) is 1. The van der Waals surface area contributed by atoms with E-state index in [2.05, 4.69) is 10.3 Å². The highest BCUT2D eigenvalue weighted by Crippen LogP contribution is 2.17. The maximum Gasteiger partial charge on any atom is 0.308 e. The average Bonchev–Trinajstić information content (AvgIpc) is 2.73. The first-order valence-electron chi connectivity index (χ1n) is 5.81. The quantitative estimate of drug-likeness (QED) is 0.790. The minimum absolute atomic E-state index is 0.0843. The molecule has 1 atom stereocenters. The van der Waals surface area contributed by atoms with Gasteiger partial charge in [-0.2, -0.15) is 0 Å². The van der Waals surface area contributed by atoms with E-state index < -0.39 is 11.9 Å². The van der Waals surface area contributed by atoms with E-state index in [4.69, 9.17) is 5.11 Å². The molecule has 1 amide bonds. The van der Waals surface area contributed by atoms with Crippen LogP contribution in [0.4, 0.5) is 5.69 Å². The van der Waals surface area contributed by atoms with Gasteiger partial charge in [-0.05, 0) is 12.1 Å². The van der Waals surface area contributed by atoms with Crippen molar-refractivity contribution in [2.24, 2.45) is 5.92 Å². The van der Waals surface area contributed by atoms with Crippen molar-refractivity contribution < 1.29 is 14.7 Å². The summed E-state index contributed by atoms with van der Waals surface area (Å²) in [6.45, 7) is 1.43. The average molecular weight is 249 g/mol. The summed E-state index contributed by atoms with van der Waals surface area (Å²) in [6.07, 6.45) is 3.48. The van der Waals surface area contributed by atoms with Crippen LogP contribution in [0.2, 0.25) is 0 Å². The molecule has 1 aromatic rings. The van der Waals surface area contributed by atoms with Gasteiger partial charge in [-0.1, -0.05) is 0 Å². The van der Waals surface area contributed by atoms with E-state index in [1.54, 1.807) is 17.3 Å². The zero-order chi connectivity index (χ0) is 13.0. The monoisotopic (exact) mass is 249 g/mol. The SMILES string of the molecule is O=C(O)C1CC(=O)N(CCNc2ccncc2)C1. The number of aromatic nitrogens is 1. The largest absolute Gasteiger partial charge is 0.481 e. The van der Waals surface area contributed by atoms with Crippen molar-refractivity contribution in [2.45, 2.75) is 6.42 Å². The van der Waals surface area contributed by atoms with Crippen LogP contribution in [0.5, 0.6) is 0 Å². The van der Waals surface area contributed by atoms with E-state index in [-0.39, 0.29) is 12.3 Å². The van der Waals surface area contributed by atoms with Gasteiger partial charge in [-0.15, -0.1) is 0 Å². The Bertz CT molecular complexity index is 435. The number of anilines is 1. The summed E-state index contributed by atoms with van der Waals surface area (Å²) in [5.41, 5.74) is 0.937. The topological polar surface area (TPSA) is 82.5 Å². The summed E-state index contributed by atoms with van der Waals surface area (Å²) in [7, 11) is 0. The fourth-order valence-corrected chi connectivity index (χ4v) is 1.96. The van der Waals surface area contributed by atoms with Crippen LogP contribution < -0.4 is 5.32 Å².